The van der Waals surface area contributed by atoms with Crippen molar-refractivity contribution in [1.29, 1.82) is 0 Å². The smallest absolute Gasteiger partial charge is 0.338 e. The van der Waals surface area contributed by atoms with Gasteiger partial charge in [0.1, 0.15) is 0 Å². The van der Waals surface area contributed by atoms with E-state index in [1.165, 1.54) is 6.07 Å². The van der Waals surface area contributed by atoms with Gasteiger partial charge < -0.3 is 10.1 Å². The Morgan fingerprint density at radius 3 is 2.47 bits per heavy atom. The molecule has 30 heavy (non-hydrogen) atoms. The number of esters is 1. The number of nitrogens with one attached hydrogen (secondary N) is 1. The quantitative estimate of drug-likeness (QED) is 0.377. The Balaban J connectivity index is 1.59. The molecule has 9 nitrogen and oxygen atoms in total. The van der Waals surface area contributed by atoms with Crippen LogP contribution in [0.1, 0.15) is 21.7 Å². The van der Waals surface area contributed by atoms with Crippen LogP contribution in [0.15, 0.2) is 48.5 Å². The molecule has 1 amide bonds. The van der Waals surface area contributed by atoms with Crippen LogP contribution in [0.5, 0.6) is 0 Å². The van der Waals surface area contributed by atoms with Crippen LogP contribution < -0.4 is 5.32 Å². The van der Waals surface area contributed by atoms with Crippen molar-refractivity contribution >= 4 is 23.3 Å². The highest BCUT2D eigenvalue weighted by Gasteiger charge is 2.16. The van der Waals surface area contributed by atoms with Crippen LogP contribution >= 0.6 is 0 Å². The van der Waals surface area contributed by atoms with E-state index in [2.05, 4.69) is 10.4 Å². The van der Waals surface area contributed by atoms with Gasteiger partial charge in [0, 0.05) is 17.4 Å². The number of benzene rings is 2. The van der Waals surface area contributed by atoms with Crippen molar-refractivity contribution in [3.05, 3.63) is 81.4 Å². The van der Waals surface area contributed by atoms with Gasteiger partial charge in [-0.3, -0.25) is 14.9 Å². The predicted molar refractivity (Wildman–Crippen MR) is 105 cm³/mol. The average molecular weight is 412 g/mol. The summed E-state index contributed by atoms with van der Waals surface area (Å²) in [7, 11) is 0. The molecule has 0 aliphatic rings. The number of rotatable bonds is 6. The molecular weight excluding hydrogens is 395 g/mol. The number of anilines is 1. The topological polar surface area (TPSA) is 116 Å². The van der Waals surface area contributed by atoms with E-state index in [1.807, 2.05) is 19.9 Å². The van der Waals surface area contributed by atoms with Crippen molar-refractivity contribution in [2.24, 2.45) is 0 Å². The Bertz CT molecular complexity index is 1120. The summed E-state index contributed by atoms with van der Waals surface area (Å²) in [5.41, 5.74) is 2.07. The van der Waals surface area contributed by atoms with Gasteiger partial charge in [0.05, 0.1) is 21.9 Å². The molecule has 0 saturated heterocycles. The maximum atomic E-state index is 13.3. The minimum atomic E-state index is -1.02. The Hall–Kier alpha value is -4.08. The fraction of sp³-hybridized carbons (Fsp3) is 0.150. The maximum absolute atomic E-state index is 13.3. The summed E-state index contributed by atoms with van der Waals surface area (Å²) in [6.45, 7) is 3.18. The van der Waals surface area contributed by atoms with Gasteiger partial charge >= 0.3 is 11.7 Å². The number of aryl methyl sites for hydroxylation is 2. The van der Waals surface area contributed by atoms with Crippen LogP contribution in [-0.2, 0) is 9.53 Å². The van der Waals surface area contributed by atoms with Crippen molar-refractivity contribution in [2.45, 2.75) is 13.8 Å². The molecule has 2 aromatic carbocycles. The molecule has 0 bridgehead atoms. The van der Waals surface area contributed by atoms with E-state index in [0.717, 1.165) is 29.2 Å². The first-order valence-electron chi connectivity index (χ1n) is 8.79. The number of ether oxygens (including phenoxy) is 1. The number of hydrogen-bond donors (Lipinski definition) is 1. The van der Waals surface area contributed by atoms with E-state index in [9.17, 15) is 24.1 Å². The Morgan fingerprint density at radius 2 is 1.87 bits per heavy atom. The molecule has 154 valence electrons. The third kappa shape index (κ3) is 4.66. The molecule has 0 unspecified atom stereocenters. The molecule has 0 spiro atoms. The highest BCUT2D eigenvalue weighted by Crippen LogP contribution is 2.21. The van der Waals surface area contributed by atoms with Gasteiger partial charge in [0.25, 0.3) is 5.91 Å². The molecule has 1 heterocycles. The molecular formula is C20H17FN4O5. The molecule has 0 aliphatic heterocycles. The lowest BCUT2D eigenvalue weighted by Crippen LogP contribution is -2.21. The first-order valence-corrected chi connectivity index (χ1v) is 8.79. The highest BCUT2D eigenvalue weighted by atomic mass is 19.1. The molecule has 0 radical (unpaired) electrons. The Morgan fingerprint density at radius 1 is 1.17 bits per heavy atom. The minimum absolute atomic E-state index is 0.0124. The summed E-state index contributed by atoms with van der Waals surface area (Å²) in [5, 5.41) is 17.4. The summed E-state index contributed by atoms with van der Waals surface area (Å²) in [5.74, 6) is -2.45. The Kier molecular flexibility index (Phi) is 5.86. The van der Waals surface area contributed by atoms with Crippen LogP contribution in [0.2, 0.25) is 0 Å². The summed E-state index contributed by atoms with van der Waals surface area (Å²) in [4.78, 5) is 33.9. The number of aromatic nitrogens is 2. The molecule has 3 aromatic rings. The molecule has 0 aliphatic carbocycles. The molecule has 0 saturated carbocycles. The fourth-order valence-corrected chi connectivity index (χ4v) is 2.77. The van der Waals surface area contributed by atoms with Crippen molar-refractivity contribution < 1.29 is 23.6 Å². The molecule has 1 N–H and O–H groups in total. The third-order valence-corrected chi connectivity index (χ3v) is 4.12. The normalized spacial score (nSPS) is 10.5. The average Bonchev–Trinajstić information content (AvgIpc) is 3.05. The largest absolute Gasteiger partial charge is 0.452 e. The number of hydrogen-bond acceptors (Lipinski definition) is 6. The molecule has 3 rings (SSSR count). The molecule has 0 fully saturated rings. The number of carbonyl (C=O) groups excluding carboxylic acids is 2. The lowest BCUT2D eigenvalue weighted by atomic mass is 10.2. The fourth-order valence-electron chi connectivity index (χ4n) is 2.77. The van der Waals surface area contributed by atoms with E-state index in [1.54, 1.807) is 28.9 Å². The van der Waals surface area contributed by atoms with Gasteiger partial charge in [0.15, 0.2) is 6.61 Å². The molecule has 10 heteroatoms. The van der Waals surface area contributed by atoms with E-state index in [4.69, 9.17) is 4.74 Å². The van der Waals surface area contributed by atoms with E-state index in [-0.39, 0.29) is 11.3 Å². The predicted octanol–water partition coefficient (Wildman–Crippen LogP) is 3.33. The lowest BCUT2D eigenvalue weighted by Gasteiger charge is -2.08. The number of amides is 1. The maximum Gasteiger partial charge on any atom is 0.338 e. The monoisotopic (exact) mass is 412 g/mol. The third-order valence-electron chi connectivity index (χ3n) is 4.12. The van der Waals surface area contributed by atoms with Crippen molar-refractivity contribution in [1.82, 2.24) is 9.78 Å². The van der Waals surface area contributed by atoms with Crippen LogP contribution in [0.3, 0.4) is 0 Å². The zero-order valence-electron chi connectivity index (χ0n) is 16.1. The first kappa shape index (κ1) is 20.6. The van der Waals surface area contributed by atoms with Gasteiger partial charge in [-0.1, -0.05) is 0 Å². The number of nitro groups is 1. The standard InChI is InChI=1S/C20H17FN4O5/c1-12-9-13(2)24(23-12)16-6-3-14(4-7-16)20(27)30-11-19(26)22-15-5-8-17(21)18(10-15)25(28)29/h3-10H,11H2,1-2H3,(H,22,26). The summed E-state index contributed by atoms with van der Waals surface area (Å²) < 4.78 is 20.0. The first-order chi connectivity index (χ1) is 14.2. The van der Waals surface area contributed by atoms with Gasteiger partial charge in [-0.05, 0) is 56.3 Å². The van der Waals surface area contributed by atoms with Gasteiger partial charge in [-0.25, -0.2) is 9.48 Å². The van der Waals surface area contributed by atoms with E-state index in [0.29, 0.717) is 0 Å². The highest BCUT2D eigenvalue weighted by molar-refractivity contribution is 5.95. The second-order valence-corrected chi connectivity index (χ2v) is 6.43. The summed E-state index contributed by atoms with van der Waals surface area (Å²) >= 11 is 0. The van der Waals surface area contributed by atoms with Crippen LogP contribution in [0.25, 0.3) is 5.69 Å². The SMILES string of the molecule is Cc1cc(C)n(-c2ccc(C(=O)OCC(=O)Nc3ccc(F)c([N+](=O)[O-])c3)cc2)n1. The second kappa shape index (κ2) is 8.52. The van der Waals surface area contributed by atoms with Crippen LogP contribution in [-0.4, -0.2) is 33.2 Å². The zero-order valence-corrected chi connectivity index (χ0v) is 16.1. The number of nitrogens with zero attached hydrogens (tertiary/aromatic N) is 3. The number of carbonyl (C=O) groups is 2. The van der Waals surface area contributed by atoms with E-state index < -0.39 is 34.9 Å². The van der Waals surface area contributed by atoms with Gasteiger partial charge in [-0.2, -0.15) is 9.49 Å². The van der Waals surface area contributed by atoms with Crippen molar-refractivity contribution in [2.75, 3.05) is 11.9 Å². The van der Waals surface area contributed by atoms with Crippen LogP contribution in [0, 0.1) is 29.8 Å². The van der Waals surface area contributed by atoms with Gasteiger partial charge in [-0.15, -0.1) is 0 Å². The molecule has 1 aromatic heterocycles. The van der Waals surface area contributed by atoms with Crippen LogP contribution in [0.4, 0.5) is 15.8 Å². The Labute approximate surface area is 170 Å². The number of nitro benzene ring substituents is 1. The van der Waals surface area contributed by atoms with Crippen molar-refractivity contribution in [3.63, 3.8) is 0 Å². The second-order valence-electron chi connectivity index (χ2n) is 6.43. The minimum Gasteiger partial charge on any atom is -0.452 e. The van der Waals surface area contributed by atoms with Gasteiger partial charge in [0.2, 0.25) is 5.82 Å². The summed E-state index contributed by atoms with van der Waals surface area (Å²) in [6, 6.07) is 11.3. The summed E-state index contributed by atoms with van der Waals surface area (Å²) in [6.07, 6.45) is 0. The lowest BCUT2D eigenvalue weighted by molar-refractivity contribution is -0.387. The number of halogens is 1. The van der Waals surface area contributed by atoms with E-state index >= 15 is 0 Å². The van der Waals surface area contributed by atoms with Crippen molar-refractivity contribution in [3.8, 4) is 5.69 Å². The molecule has 0 atom stereocenters. The zero-order chi connectivity index (χ0) is 21.8.